The van der Waals surface area contributed by atoms with Crippen molar-refractivity contribution in [3.8, 4) is 0 Å². The van der Waals surface area contributed by atoms with Gasteiger partial charge in [-0.25, -0.2) is 0 Å². The Kier molecular flexibility index (Phi) is 3.07. The summed E-state index contributed by atoms with van der Waals surface area (Å²) < 4.78 is 5.87. The highest BCUT2D eigenvalue weighted by Crippen LogP contribution is 2.31. The van der Waals surface area contributed by atoms with Gasteiger partial charge in [0.25, 0.3) is 0 Å². The van der Waals surface area contributed by atoms with E-state index in [0.29, 0.717) is 6.04 Å². The highest BCUT2D eigenvalue weighted by Gasteiger charge is 2.14. The third-order valence-corrected chi connectivity index (χ3v) is 5.12. The van der Waals surface area contributed by atoms with Crippen molar-refractivity contribution in [2.45, 2.75) is 18.9 Å². The van der Waals surface area contributed by atoms with Gasteiger partial charge in [0.05, 0.1) is 0 Å². The van der Waals surface area contributed by atoms with Crippen LogP contribution in [0.1, 0.15) is 12.8 Å². The predicted molar refractivity (Wildman–Crippen MR) is 87.7 cm³/mol. The summed E-state index contributed by atoms with van der Waals surface area (Å²) in [6, 6.07) is 15.3. The second-order valence-electron chi connectivity index (χ2n) is 5.37. The summed E-state index contributed by atoms with van der Waals surface area (Å²) in [7, 11) is 0. The minimum atomic E-state index is 0.601. The lowest BCUT2D eigenvalue weighted by Crippen LogP contribution is -2.25. The van der Waals surface area contributed by atoms with Gasteiger partial charge >= 0.3 is 0 Å². The van der Waals surface area contributed by atoms with Crippen molar-refractivity contribution < 1.29 is 4.42 Å². The van der Waals surface area contributed by atoms with E-state index in [1.54, 1.807) is 0 Å². The molecule has 102 valence electrons. The molecule has 1 saturated heterocycles. The summed E-state index contributed by atoms with van der Waals surface area (Å²) in [5.74, 6) is 2.52. The molecule has 2 heterocycles. The van der Waals surface area contributed by atoms with Crippen molar-refractivity contribution in [2.24, 2.45) is 0 Å². The molecule has 1 aliphatic heterocycles. The number of fused-ring (bicyclic) bond motifs is 3. The molecule has 2 aromatic carbocycles. The van der Waals surface area contributed by atoms with Gasteiger partial charge in [0.2, 0.25) is 0 Å². The Labute approximate surface area is 122 Å². The average molecular weight is 283 g/mol. The first kappa shape index (κ1) is 12.2. The van der Waals surface area contributed by atoms with E-state index in [1.807, 2.05) is 23.9 Å². The Bertz CT molecular complexity index is 743. The van der Waals surface area contributed by atoms with Crippen LogP contribution in [0.5, 0.6) is 0 Å². The fourth-order valence-electron chi connectivity index (χ4n) is 2.91. The van der Waals surface area contributed by atoms with Crippen LogP contribution in [0.15, 0.2) is 46.9 Å². The average Bonchev–Trinajstić information content (AvgIpc) is 2.86. The van der Waals surface area contributed by atoms with Gasteiger partial charge in [0, 0.05) is 28.3 Å². The van der Waals surface area contributed by atoms with Gasteiger partial charge in [-0.05, 0) is 42.9 Å². The molecule has 1 aromatic heterocycles. The first-order valence-corrected chi connectivity index (χ1v) is 8.31. The standard InChI is InChI=1S/C17H17NOS/c1-2-6-16-14(5-1)15-10-12(7-8-17(15)19-16)18-13-4-3-9-20-11-13/h1-2,5-8,10,13,18H,3-4,9,11H2. The molecule has 1 atom stereocenters. The maximum Gasteiger partial charge on any atom is 0.135 e. The predicted octanol–water partition coefficient (Wildman–Crippen LogP) is 4.89. The van der Waals surface area contributed by atoms with E-state index in [0.717, 1.165) is 11.2 Å². The Morgan fingerprint density at radius 2 is 1.95 bits per heavy atom. The monoisotopic (exact) mass is 283 g/mol. The van der Waals surface area contributed by atoms with E-state index in [4.69, 9.17) is 4.42 Å². The van der Waals surface area contributed by atoms with Gasteiger partial charge in [0.1, 0.15) is 11.2 Å². The van der Waals surface area contributed by atoms with Crippen molar-refractivity contribution in [3.05, 3.63) is 42.5 Å². The number of para-hydroxylation sites is 1. The number of thioether (sulfide) groups is 1. The molecular weight excluding hydrogens is 266 g/mol. The molecule has 3 heteroatoms. The zero-order chi connectivity index (χ0) is 13.4. The molecule has 1 N–H and O–H groups in total. The SMILES string of the molecule is c1ccc2c(c1)oc1ccc(NC3CCCSC3)cc12. The summed E-state index contributed by atoms with van der Waals surface area (Å²) in [4.78, 5) is 0. The first-order chi connectivity index (χ1) is 9.90. The molecule has 2 nitrogen and oxygen atoms in total. The van der Waals surface area contributed by atoms with Crippen LogP contribution < -0.4 is 5.32 Å². The topological polar surface area (TPSA) is 25.2 Å². The zero-order valence-corrected chi connectivity index (χ0v) is 12.1. The fourth-order valence-corrected chi connectivity index (χ4v) is 3.98. The van der Waals surface area contributed by atoms with Crippen LogP contribution in [0.2, 0.25) is 0 Å². The third-order valence-electron chi connectivity index (χ3n) is 3.91. The highest BCUT2D eigenvalue weighted by molar-refractivity contribution is 7.99. The molecule has 0 saturated carbocycles. The van der Waals surface area contributed by atoms with Crippen LogP contribution >= 0.6 is 11.8 Å². The number of rotatable bonds is 2. The Morgan fingerprint density at radius 3 is 2.85 bits per heavy atom. The fraction of sp³-hybridized carbons (Fsp3) is 0.294. The van der Waals surface area contributed by atoms with Crippen LogP contribution in [0.4, 0.5) is 5.69 Å². The number of anilines is 1. The summed E-state index contributed by atoms with van der Waals surface area (Å²) in [6.45, 7) is 0. The maximum absolute atomic E-state index is 5.87. The quantitative estimate of drug-likeness (QED) is 0.724. The summed E-state index contributed by atoms with van der Waals surface area (Å²) >= 11 is 2.05. The molecule has 1 aliphatic rings. The van der Waals surface area contributed by atoms with Crippen LogP contribution in [0.25, 0.3) is 21.9 Å². The summed E-state index contributed by atoms with van der Waals surface area (Å²) in [6.07, 6.45) is 2.59. The lowest BCUT2D eigenvalue weighted by Gasteiger charge is -2.23. The summed E-state index contributed by atoms with van der Waals surface area (Å²) in [5.41, 5.74) is 3.14. The van der Waals surface area contributed by atoms with Crippen molar-refractivity contribution in [2.75, 3.05) is 16.8 Å². The van der Waals surface area contributed by atoms with Gasteiger partial charge in [-0.2, -0.15) is 11.8 Å². The van der Waals surface area contributed by atoms with Gasteiger partial charge in [-0.15, -0.1) is 0 Å². The Morgan fingerprint density at radius 1 is 1.05 bits per heavy atom. The molecule has 3 aromatic rings. The van der Waals surface area contributed by atoms with Crippen molar-refractivity contribution in [3.63, 3.8) is 0 Å². The number of hydrogen-bond donors (Lipinski definition) is 1. The van der Waals surface area contributed by atoms with E-state index in [2.05, 4.69) is 35.6 Å². The molecule has 0 radical (unpaired) electrons. The molecule has 4 rings (SSSR count). The second-order valence-corrected chi connectivity index (χ2v) is 6.52. The zero-order valence-electron chi connectivity index (χ0n) is 11.3. The van der Waals surface area contributed by atoms with Crippen LogP contribution in [-0.4, -0.2) is 17.5 Å². The molecule has 20 heavy (non-hydrogen) atoms. The van der Waals surface area contributed by atoms with Crippen LogP contribution in [0.3, 0.4) is 0 Å². The van der Waals surface area contributed by atoms with Gasteiger partial charge < -0.3 is 9.73 Å². The van der Waals surface area contributed by atoms with Gasteiger partial charge in [0.15, 0.2) is 0 Å². The van der Waals surface area contributed by atoms with E-state index < -0.39 is 0 Å². The third kappa shape index (κ3) is 2.16. The molecule has 0 spiro atoms. The summed E-state index contributed by atoms with van der Waals surface area (Å²) in [5, 5.41) is 6.07. The molecule has 0 bridgehead atoms. The van der Waals surface area contributed by atoms with E-state index in [9.17, 15) is 0 Å². The molecule has 1 unspecified atom stereocenters. The molecule has 1 fully saturated rings. The van der Waals surface area contributed by atoms with Crippen LogP contribution in [-0.2, 0) is 0 Å². The smallest absolute Gasteiger partial charge is 0.135 e. The number of hydrogen-bond acceptors (Lipinski definition) is 3. The lowest BCUT2D eigenvalue weighted by atomic mass is 10.1. The van der Waals surface area contributed by atoms with E-state index in [-0.39, 0.29) is 0 Å². The van der Waals surface area contributed by atoms with Crippen molar-refractivity contribution in [1.29, 1.82) is 0 Å². The normalized spacial score (nSPS) is 19.5. The van der Waals surface area contributed by atoms with Gasteiger partial charge in [-0.1, -0.05) is 18.2 Å². The number of benzene rings is 2. The Balaban J connectivity index is 1.71. The van der Waals surface area contributed by atoms with Gasteiger partial charge in [-0.3, -0.25) is 0 Å². The van der Waals surface area contributed by atoms with Crippen LogP contribution in [0, 0.1) is 0 Å². The van der Waals surface area contributed by atoms with E-state index in [1.165, 1.54) is 40.8 Å². The minimum Gasteiger partial charge on any atom is -0.456 e. The van der Waals surface area contributed by atoms with Crippen molar-refractivity contribution in [1.82, 2.24) is 0 Å². The minimum absolute atomic E-state index is 0.601. The molecular formula is C17H17NOS. The van der Waals surface area contributed by atoms with E-state index >= 15 is 0 Å². The second kappa shape index (κ2) is 5.06. The number of nitrogens with one attached hydrogen (secondary N) is 1. The Hall–Kier alpha value is -1.61. The van der Waals surface area contributed by atoms with Crippen molar-refractivity contribution >= 4 is 39.4 Å². The number of furan rings is 1. The largest absolute Gasteiger partial charge is 0.456 e. The lowest BCUT2D eigenvalue weighted by molar-refractivity contribution is 0.668. The maximum atomic E-state index is 5.87. The molecule has 0 aliphatic carbocycles. The first-order valence-electron chi connectivity index (χ1n) is 7.16. The highest BCUT2D eigenvalue weighted by atomic mass is 32.2. The molecule has 0 amide bonds.